The van der Waals surface area contributed by atoms with E-state index in [1.165, 1.54) is 0 Å². The van der Waals surface area contributed by atoms with E-state index in [0.29, 0.717) is 12.4 Å². The van der Waals surface area contributed by atoms with E-state index in [1.54, 1.807) is 4.90 Å². The van der Waals surface area contributed by atoms with Gasteiger partial charge in [0.1, 0.15) is 0 Å². The molecule has 116 valence electrons. The molecule has 0 bridgehead atoms. The summed E-state index contributed by atoms with van der Waals surface area (Å²) in [7, 11) is 0. The van der Waals surface area contributed by atoms with Crippen molar-refractivity contribution in [1.82, 2.24) is 15.1 Å². The Labute approximate surface area is 121 Å². The van der Waals surface area contributed by atoms with Gasteiger partial charge in [-0.3, -0.25) is 15.0 Å². The van der Waals surface area contributed by atoms with Crippen LogP contribution in [-0.2, 0) is 14.3 Å². The maximum Gasteiger partial charge on any atom is 0.334 e. The molecule has 0 saturated carbocycles. The number of carbonyl (C=O) groups is 2. The normalized spacial score (nSPS) is 19.7. The predicted molar refractivity (Wildman–Crippen MR) is 70.8 cm³/mol. The molecule has 0 aliphatic carbocycles. The first-order chi connectivity index (χ1) is 9.95. The molecular weight excluding hydrogens is 280 g/mol. The van der Waals surface area contributed by atoms with Crippen LogP contribution in [0.2, 0.25) is 0 Å². The van der Waals surface area contributed by atoms with E-state index in [-0.39, 0.29) is 37.5 Å². The summed E-state index contributed by atoms with van der Waals surface area (Å²) in [5.74, 6) is -0.833. The highest BCUT2D eigenvalue weighted by atomic mass is 16.5. The van der Waals surface area contributed by atoms with E-state index < -0.39 is 12.1 Å². The molecule has 0 aromatic carbocycles. The Hall–Kier alpha value is -2.00. The lowest BCUT2D eigenvalue weighted by Crippen LogP contribution is -2.48. The number of nitrogens with zero attached hydrogens (tertiary/aromatic N) is 3. The highest BCUT2D eigenvalue weighted by Gasteiger charge is 2.27. The number of aromatic nitrogens is 2. The number of carboxylic acids is 1. The molecule has 2 N–H and O–H groups in total. The molecule has 0 spiro atoms. The van der Waals surface area contributed by atoms with Crippen molar-refractivity contribution in [3.63, 3.8) is 0 Å². The van der Waals surface area contributed by atoms with E-state index in [4.69, 9.17) is 14.3 Å². The quantitative estimate of drug-likeness (QED) is 0.774. The monoisotopic (exact) mass is 298 g/mol. The van der Waals surface area contributed by atoms with Crippen molar-refractivity contribution >= 4 is 17.9 Å². The number of aliphatic carboxylic acids is 1. The minimum absolute atomic E-state index is 0.0479. The molecule has 9 heteroatoms. The lowest BCUT2D eigenvalue weighted by molar-refractivity contribution is -0.156. The predicted octanol–water partition coefficient (Wildman–Crippen LogP) is -0.0831. The summed E-state index contributed by atoms with van der Waals surface area (Å²) in [5.41, 5.74) is 0. The van der Waals surface area contributed by atoms with Crippen LogP contribution in [0.15, 0.2) is 4.42 Å². The van der Waals surface area contributed by atoms with Crippen LogP contribution in [0.1, 0.15) is 25.7 Å². The zero-order valence-corrected chi connectivity index (χ0v) is 11.9. The molecule has 2 heterocycles. The van der Waals surface area contributed by atoms with Gasteiger partial charge < -0.3 is 14.3 Å². The molecule has 21 heavy (non-hydrogen) atoms. The number of carboxylic acid groups (broad SMARTS) is 1. The van der Waals surface area contributed by atoms with Crippen LogP contribution in [0, 0.1) is 0 Å². The summed E-state index contributed by atoms with van der Waals surface area (Å²) in [4.78, 5) is 24.4. The Morgan fingerprint density at radius 3 is 2.86 bits per heavy atom. The van der Waals surface area contributed by atoms with Crippen LogP contribution in [-0.4, -0.2) is 64.4 Å². The smallest absolute Gasteiger partial charge is 0.334 e. The summed E-state index contributed by atoms with van der Waals surface area (Å²) < 4.78 is 10.4. The number of ether oxygens (including phenoxy) is 1. The van der Waals surface area contributed by atoms with Crippen LogP contribution >= 0.6 is 0 Å². The Bertz CT molecular complexity index is 516. The average molecular weight is 298 g/mol. The van der Waals surface area contributed by atoms with Gasteiger partial charge in [-0.15, -0.1) is 5.10 Å². The van der Waals surface area contributed by atoms with Crippen molar-refractivity contribution < 1.29 is 23.8 Å². The first-order valence-corrected chi connectivity index (χ1v) is 6.65. The number of morpholine rings is 1. The third-order valence-electron chi connectivity index (χ3n) is 2.97. The second kappa shape index (κ2) is 6.64. The molecule has 1 aromatic heterocycles. The molecular formula is C12H18N4O5. The van der Waals surface area contributed by atoms with Gasteiger partial charge in [0, 0.05) is 19.0 Å². The highest BCUT2D eigenvalue weighted by molar-refractivity contribution is 5.90. The number of nitrogens with one attached hydrogen (secondary N) is 1. The van der Waals surface area contributed by atoms with Crippen LogP contribution in [0.3, 0.4) is 0 Å². The van der Waals surface area contributed by atoms with Gasteiger partial charge in [-0.2, -0.15) is 0 Å². The van der Waals surface area contributed by atoms with Gasteiger partial charge in [0.2, 0.25) is 11.8 Å². The molecule has 1 amide bonds. The fourth-order valence-electron chi connectivity index (χ4n) is 1.88. The van der Waals surface area contributed by atoms with Crippen LogP contribution < -0.4 is 5.32 Å². The van der Waals surface area contributed by atoms with Crippen LogP contribution in [0.25, 0.3) is 0 Å². The van der Waals surface area contributed by atoms with Crippen LogP contribution in [0.5, 0.6) is 0 Å². The van der Waals surface area contributed by atoms with Crippen molar-refractivity contribution in [3.05, 3.63) is 5.89 Å². The van der Waals surface area contributed by atoms with Gasteiger partial charge in [0.05, 0.1) is 13.2 Å². The number of amides is 1. The fourth-order valence-corrected chi connectivity index (χ4v) is 1.88. The summed E-state index contributed by atoms with van der Waals surface area (Å²) in [5, 5.41) is 18.9. The molecule has 9 nitrogen and oxygen atoms in total. The summed E-state index contributed by atoms with van der Waals surface area (Å²) in [6.45, 7) is 4.80. The number of rotatable bonds is 5. The number of hydrogen-bond acceptors (Lipinski definition) is 7. The first-order valence-electron chi connectivity index (χ1n) is 6.65. The Kier molecular flexibility index (Phi) is 4.86. The van der Waals surface area contributed by atoms with Gasteiger partial charge in [-0.1, -0.05) is 18.9 Å². The lowest BCUT2D eigenvalue weighted by atomic mass is 10.2. The first kappa shape index (κ1) is 15.4. The molecule has 1 fully saturated rings. The topological polar surface area (TPSA) is 118 Å². The van der Waals surface area contributed by atoms with Gasteiger partial charge in [-0.05, 0) is 0 Å². The molecule has 2 rings (SSSR count). The maximum atomic E-state index is 11.9. The molecule has 1 atom stereocenters. The van der Waals surface area contributed by atoms with E-state index in [9.17, 15) is 9.59 Å². The Balaban J connectivity index is 1.84. The largest absolute Gasteiger partial charge is 0.479 e. The molecule has 0 radical (unpaired) electrons. The summed E-state index contributed by atoms with van der Waals surface area (Å²) in [6.07, 6.45) is -0.900. The average Bonchev–Trinajstić information content (AvgIpc) is 2.87. The standard InChI is InChI=1S/C12H18N4O5/c1-7(2)10-14-15-12(21-10)13-9(17)6-16-3-4-20-8(5-16)11(18)19/h7-8H,3-6H2,1-2H3,(H,18,19)(H,13,15,17). The van der Waals surface area contributed by atoms with Crippen molar-refractivity contribution in [2.24, 2.45) is 0 Å². The lowest BCUT2D eigenvalue weighted by Gasteiger charge is -2.29. The van der Waals surface area contributed by atoms with E-state index in [2.05, 4.69) is 15.5 Å². The van der Waals surface area contributed by atoms with Crippen molar-refractivity contribution in [2.75, 3.05) is 31.6 Å². The number of carbonyl (C=O) groups excluding carboxylic acids is 1. The second-order valence-electron chi connectivity index (χ2n) is 5.08. The van der Waals surface area contributed by atoms with E-state index in [0.717, 1.165) is 0 Å². The minimum atomic E-state index is -1.03. The fraction of sp³-hybridized carbons (Fsp3) is 0.667. The van der Waals surface area contributed by atoms with E-state index in [1.807, 2.05) is 13.8 Å². The molecule has 1 aromatic rings. The van der Waals surface area contributed by atoms with Crippen LogP contribution in [0.4, 0.5) is 6.01 Å². The van der Waals surface area contributed by atoms with Crippen molar-refractivity contribution in [1.29, 1.82) is 0 Å². The van der Waals surface area contributed by atoms with Gasteiger partial charge >= 0.3 is 12.0 Å². The highest BCUT2D eigenvalue weighted by Crippen LogP contribution is 2.14. The third kappa shape index (κ3) is 4.23. The Morgan fingerprint density at radius 2 is 2.24 bits per heavy atom. The van der Waals surface area contributed by atoms with Crippen molar-refractivity contribution in [3.8, 4) is 0 Å². The van der Waals surface area contributed by atoms with Gasteiger partial charge in [0.15, 0.2) is 6.10 Å². The van der Waals surface area contributed by atoms with Gasteiger partial charge in [-0.25, -0.2) is 4.79 Å². The SMILES string of the molecule is CC(C)c1nnc(NC(=O)CN2CCOC(C(=O)O)C2)o1. The third-order valence-corrected chi connectivity index (χ3v) is 2.97. The summed E-state index contributed by atoms with van der Waals surface area (Å²) >= 11 is 0. The molecule has 1 aliphatic rings. The number of anilines is 1. The Morgan fingerprint density at radius 1 is 1.48 bits per heavy atom. The minimum Gasteiger partial charge on any atom is -0.479 e. The molecule has 1 unspecified atom stereocenters. The van der Waals surface area contributed by atoms with Gasteiger partial charge in [0.25, 0.3) is 0 Å². The molecule has 1 saturated heterocycles. The van der Waals surface area contributed by atoms with Crippen molar-refractivity contribution in [2.45, 2.75) is 25.9 Å². The number of hydrogen-bond donors (Lipinski definition) is 2. The zero-order chi connectivity index (χ0) is 15.4. The zero-order valence-electron chi connectivity index (χ0n) is 11.9. The summed E-state index contributed by atoms with van der Waals surface area (Å²) in [6, 6.07) is 0.0479. The van der Waals surface area contributed by atoms with E-state index >= 15 is 0 Å². The molecule has 1 aliphatic heterocycles. The maximum absolute atomic E-state index is 11.9. The second-order valence-corrected chi connectivity index (χ2v) is 5.08.